The summed E-state index contributed by atoms with van der Waals surface area (Å²) >= 11 is 0. The molecule has 13 nitrogen and oxygen atoms in total. The molecule has 1 amide bonds. The molecule has 2 aromatic carbocycles. The lowest BCUT2D eigenvalue weighted by Crippen LogP contribution is -2.47. The van der Waals surface area contributed by atoms with E-state index < -0.39 is 4.92 Å². The van der Waals surface area contributed by atoms with E-state index in [0.29, 0.717) is 95.7 Å². The Morgan fingerprint density at radius 2 is 1.24 bits per heavy atom. The van der Waals surface area contributed by atoms with Crippen LogP contribution in [0.1, 0.15) is 10.4 Å². The fraction of sp³-hybridized carbons (Fsp3) is 0.480. The van der Waals surface area contributed by atoms with Crippen LogP contribution >= 0.6 is 0 Å². The number of hydrogen-bond donors (Lipinski definition) is 0. The third-order valence-corrected chi connectivity index (χ3v) is 7.21. The van der Waals surface area contributed by atoms with Gasteiger partial charge in [0, 0.05) is 75.7 Å². The molecule has 38 heavy (non-hydrogen) atoms. The lowest BCUT2D eigenvalue weighted by molar-refractivity contribution is -0.384. The highest BCUT2D eigenvalue weighted by Gasteiger charge is 2.28. The van der Waals surface area contributed by atoms with Gasteiger partial charge in [0.15, 0.2) is 0 Å². The molecule has 3 aliphatic heterocycles. The molecule has 2 aromatic rings. The Morgan fingerprint density at radius 1 is 0.658 bits per heavy atom. The Bertz CT molecular complexity index is 1200. The van der Waals surface area contributed by atoms with E-state index in [-0.39, 0.29) is 22.2 Å². The predicted octanol–water partition coefficient (Wildman–Crippen LogP) is 2.14. The summed E-state index contributed by atoms with van der Waals surface area (Å²) in [5.74, 6) is -0.234. The van der Waals surface area contributed by atoms with Crippen LogP contribution in [-0.4, -0.2) is 99.4 Å². The van der Waals surface area contributed by atoms with Crippen LogP contribution in [0.15, 0.2) is 36.4 Å². The van der Waals surface area contributed by atoms with Crippen LogP contribution in [0.2, 0.25) is 0 Å². The van der Waals surface area contributed by atoms with Gasteiger partial charge < -0.3 is 29.1 Å². The van der Waals surface area contributed by atoms with Crippen LogP contribution in [-0.2, 0) is 9.47 Å². The quantitative estimate of drug-likeness (QED) is 0.407. The maximum atomic E-state index is 12.8. The fourth-order valence-electron chi connectivity index (χ4n) is 5.15. The van der Waals surface area contributed by atoms with Gasteiger partial charge in [0.05, 0.1) is 36.3 Å². The van der Waals surface area contributed by atoms with E-state index in [9.17, 15) is 25.0 Å². The Labute approximate surface area is 219 Å². The Hall–Kier alpha value is -3.97. The van der Waals surface area contributed by atoms with Crippen LogP contribution < -0.4 is 14.7 Å². The molecule has 3 heterocycles. The number of rotatable bonds is 6. The predicted molar refractivity (Wildman–Crippen MR) is 140 cm³/mol. The molecule has 0 aliphatic carbocycles. The third kappa shape index (κ3) is 5.34. The fourth-order valence-corrected chi connectivity index (χ4v) is 5.15. The molecule has 5 rings (SSSR count). The number of carbonyl (C=O) groups excluding carboxylic acids is 1. The van der Waals surface area contributed by atoms with E-state index in [4.69, 9.17) is 9.47 Å². The molecule has 3 aliphatic rings. The minimum atomic E-state index is -0.442. The number of ether oxygens (including phenoxy) is 2. The molecular weight excluding hydrogens is 496 g/mol. The van der Waals surface area contributed by atoms with E-state index in [1.165, 1.54) is 6.07 Å². The molecule has 0 saturated carbocycles. The Kier molecular flexibility index (Phi) is 7.56. The van der Waals surface area contributed by atoms with Gasteiger partial charge in [-0.2, -0.15) is 0 Å². The second-order valence-corrected chi connectivity index (χ2v) is 9.37. The van der Waals surface area contributed by atoms with Crippen molar-refractivity contribution >= 4 is 34.3 Å². The summed E-state index contributed by atoms with van der Waals surface area (Å²) < 4.78 is 10.7. The van der Waals surface area contributed by atoms with Gasteiger partial charge >= 0.3 is 0 Å². The van der Waals surface area contributed by atoms with Crippen molar-refractivity contribution in [3.63, 3.8) is 0 Å². The smallest absolute Gasteiger partial charge is 0.293 e. The van der Waals surface area contributed by atoms with Crippen molar-refractivity contribution in [3.05, 3.63) is 62.2 Å². The average Bonchev–Trinajstić information content (AvgIpc) is 2.97. The molecule has 0 unspecified atom stereocenters. The molecule has 0 radical (unpaired) electrons. The molecule has 0 aromatic heterocycles. The summed E-state index contributed by atoms with van der Waals surface area (Å²) in [6.45, 7) is 6.31. The number of nitro groups is 2. The lowest BCUT2D eigenvalue weighted by Gasteiger charge is -2.37. The maximum absolute atomic E-state index is 12.8. The van der Waals surface area contributed by atoms with Crippen molar-refractivity contribution < 1.29 is 24.1 Å². The van der Waals surface area contributed by atoms with Crippen LogP contribution in [0, 0.1) is 20.2 Å². The van der Waals surface area contributed by atoms with E-state index >= 15 is 0 Å². The van der Waals surface area contributed by atoms with Gasteiger partial charge in [-0.15, -0.1) is 0 Å². The number of morpholine rings is 2. The summed E-state index contributed by atoms with van der Waals surface area (Å²) in [6.07, 6.45) is 0. The number of nitro benzene ring substituents is 2. The van der Waals surface area contributed by atoms with E-state index in [1.807, 2.05) is 15.9 Å². The summed E-state index contributed by atoms with van der Waals surface area (Å²) in [7, 11) is 0. The van der Waals surface area contributed by atoms with Crippen molar-refractivity contribution in [1.29, 1.82) is 0 Å². The molecule has 3 saturated heterocycles. The summed E-state index contributed by atoms with van der Waals surface area (Å²) in [4.78, 5) is 43.3. The lowest BCUT2D eigenvalue weighted by atomic mass is 10.1. The van der Waals surface area contributed by atoms with Crippen LogP contribution in [0.5, 0.6) is 0 Å². The zero-order valence-corrected chi connectivity index (χ0v) is 21.0. The van der Waals surface area contributed by atoms with Gasteiger partial charge in [0.2, 0.25) is 0 Å². The van der Waals surface area contributed by atoms with Crippen LogP contribution in [0.25, 0.3) is 0 Å². The number of benzene rings is 2. The van der Waals surface area contributed by atoms with Gasteiger partial charge in [0.25, 0.3) is 17.3 Å². The Balaban J connectivity index is 1.31. The summed E-state index contributed by atoms with van der Waals surface area (Å²) in [5.41, 5.74) is 2.19. The first-order valence-corrected chi connectivity index (χ1v) is 12.7. The monoisotopic (exact) mass is 526 g/mol. The molecule has 13 heteroatoms. The van der Waals surface area contributed by atoms with Crippen molar-refractivity contribution in [3.8, 4) is 0 Å². The minimum absolute atomic E-state index is 0.0663. The van der Waals surface area contributed by atoms with Gasteiger partial charge in [-0.1, -0.05) is 0 Å². The average molecular weight is 527 g/mol. The van der Waals surface area contributed by atoms with Gasteiger partial charge in [-0.25, -0.2) is 0 Å². The minimum Gasteiger partial charge on any atom is -0.378 e. The van der Waals surface area contributed by atoms with Crippen molar-refractivity contribution in [1.82, 2.24) is 4.90 Å². The molecular formula is C25H30N6O7. The molecule has 0 bridgehead atoms. The molecule has 0 N–H and O–H groups in total. The van der Waals surface area contributed by atoms with Crippen molar-refractivity contribution in [2.45, 2.75) is 0 Å². The molecule has 3 fully saturated rings. The molecule has 202 valence electrons. The number of amides is 1. The molecule has 0 spiro atoms. The zero-order valence-electron chi connectivity index (χ0n) is 21.0. The Morgan fingerprint density at radius 3 is 1.87 bits per heavy atom. The van der Waals surface area contributed by atoms with Gasteiger partial charge in [-0.3, -0.25) is 25.0 Å². The maximum Gasteiger partial charge on any atom is 0.293 e. The second-order valence-electron chi connectivity index (χ2n) is 9.37. The van der Waals surface area contributed by atoms with E-state index in [2.05, 4.69) is 4.90 Å². The number of anilines is 3. The third-order valence-electron chi connectivity index (χ3n) is 7.21. The SMILES string of the molecule is O=C(c1ccc(N2CCN(c3ccc([N+](=O)[O-])c(N4CCOCC4)c3)CC2)c([N+](=O)[O-])c1)N1CCOCC1. The van der Waals surface area contributed by atoms with Crippen molar-refractivity contribution in [2.24, 2.45) is 0 Å². The summed E-state index contributed by atoms with van der Waals surface area (Å²) in [6, 6.07) is 9.83. The highest BCUT2D eigenvalue weighted by molar-refractivity contribution is 5.96. The summed E-state index contributed by atoms with van der Waals surface area (Å²) in [5, 5.41) is 23.6. The standard InChI is InChI=1S/C25H30N6O7/c32-25(29-11-15-38-16-12-29)19-1-3-21(24(17-19)31(35)36)27-7-5-26(6-8-27)20-2-4-22(30(33)34)23(18-20)28-9-13-37-14-10-28/h1-4,17-18H,5-16H2. The normalized spacial score (nSPS) is 18.4. The van der Waals surface area contributed by atoms with Gasteiger partial charge in [-0.05, 0) is 24.3 Å². The number of carbonyl (C=O) groups is 1. The van der Waals surface area contributed by atoms with Crippen LogP contribution in [0.3, 0.4) is 0 Å². The first-order chi connectivity index (χ1) is 18.4. The first-order valence-electron chi connectivity index (χ1n) is 12.7. The first kappa shape index (κ1) is 25.7. The molecule has 0 atom stereocenters. The number of piperazine rings is 1. The zero-order chi connectivity index (χ0) is 26.6. The number of nitrogens with zero attached hydrogens (tertiary/aromatic N) is 6. The second kappa shape index (κ2) is 11.2. The van der Waals surface area contributed by atoms with Crippen LogP contribution in [0.4, 0.5) is 28.4 Å². The van der Waals surface area contributed by atoms with Crippen molar-refractivity contribution in [2.75, 3.05) is 93.5 Å². The van der Waals surface area contributed by atoms with Gasteiger partial charge in [0.1, 0.15) is 11.4 Å². The highest BCUT2D eigenvalue weighted by atomic mass is 16.6. The largest absolute Gasteiger partial charge is 0.378 e. The topological polar surface area (TPSA) is 135 Å². The van der Waals surface area contributed by atoms with E-state index in [0.717, 1.165) is 5.69 Å². The van der Waals surface area contributed by atoms with E-state index in [1.54, 1.807) is 29.2 Å². The highest BCUT2D eigenvalue weighted by Crippen LogP contribution is 2.35. The number of hydrogen-bond acceptors (Lipinski definition) is 10.